The predicted molar refractivity (Wildman–Crippen MR) is 63.7 cm³/mol. The Morgan fingerprint density at radius 2 is 1.73 bits per heavy atom. The highest BCUT2D eigenvalue weighted by molar-refractivity contribution is 8.13. The fourth-order valence-corrected chi connectivity index (χ4v) is 2.52. The van der Waals surface area contributed by atoms with Crippen molar-refractivity contribution in [1.82, 2.24) is 0 Å². The first kappa shape index (κ1) is 15.2. The minimum atomic E-state index is -3.44. The van der Waals surface area contributed by atoms with E-state index in [1.54, 1.807) is 0 Å². The molecule has 0 aromatic heterocycles. The van der Waals surface area contributed by atoms with Crippen LogP contribution in [0.2, 0.25) is 0 Å². The van der Waals surface area contributed by atoms with Crippen LogP contribution in [0.15, 0.2) is 0 Å². The molecule has 0 radical (unpaired) electrons. The second-order valence-corrected chi connectivity index (χ2v) is 7.95. The number of hydrogen-bond donors (Lipinski definition) is 0. The number of rotatable bonds is 5. The van der Waals surface area contributed by atoms with Crippen molar-refractivity contribution in [3.8, 4) is 0 Å². The van der Waals surface area contributed by atoms with Crippen LogP contribution in [0.3, 0.4) is 0 Å². The smallest absolute Gasteiger partial charge is 0.232 e. The summed E-state index contributed by atoms with van der Waals surface area (Å²) in [5.41, 5.74) is -0.247. The number of ether oxygens (including phenoxy) is 1. The van der Waals surface area contributed by atoms with Gasteiger partial charge in [-0.25, -0.2) is 8.42 Å². The quantitative estimate of drug-likeness (QED) is 0.711. The molecule has 0 fully saturated rings. The Labute approximate surface area is 97.6 Å². The summed E-state index contributed by atoms with van der Waals surface area (Å²) < 4.78 is 27.5. The average molecular weight is 257 g/mol. The van der Waals surface area contributed by atoms with E-state index in [4.69, 9.17) is 15.4 Å². The van der Waals surface area contributed by atoms with Crippen molar-refractivity contribution < 1.29 is 13.2 Å². The highest BCUT2D eigenvalue weighted by Crippen LogP contribution is 2.19. The predicted octanol–water partition coefficient (Wildman–Crippen LogP) is 2.64. The Bertz CT molecular complexity index is 278. The van der Waals surface area contributed by atoms with E-state index in [-0.39, 0.29) is 23.2 Å². The van der Waals surface area contributed by atoms with Crippen LogP contribution in [0.4, 0.5) is 0 Å². The maximum Gasteiger partial charge on any atom is 0.232 e. The van der Waals surface area contributed by atoms with Crippen LogP contribution in [-0.2, 0) is 13.8 Å². The van der Waals surface area contributed by atoms with E-state index in [1.165, 1.54) is 0 Å². The van der Waals surface area contributed by atoms with E-state index >= 15 is 0 Å². The van der Waals surface area contributed by atoms with Gasteiger partial charge in [-0.2, -0.15) is 0 Å². The Morgan fingerprint density at radius 1 is 1.27 bits per heavy atom. The molecule has 0 aromatic rings. The molecule has 0 aromatic carbocycles. The standard InChI is InChI=1S/C10H21ClO3S/c1-8(2)9(7-15(11,12)13)6-14-10(3,4)5/h8-9H,6-7H2,1-5H3. The molecule has 0 saturated heterocycles. The van der Waals surface area contributed by atoms with Gasteiger partial charge in [0.05, 0.1) is 18.0 Å². The van der Waals surface area contributed by atoms with Gasteiger partial charge in [-0.05, 0) is 32.6 Å². The second kappa shape index (κ2) is 5.51. The van der Waals surface area contributed by atoms with Crippen molar-refractivity contribution in [2.45, 2.75) is 40.2 Å². The monoisotopic (exact) mass is 256 g/mol. The molecule has 1 unspecified atom stereocenters. The molecule has 1 atom stereocenters. The van der Waals surface area contributed by atoms with Gasteiger partial charge < -0.3 is 4.74 Å². The summed E-state index contributed by atoms with van der Waals surface area (Å²) >= 11 is 0. The summed E-state index contributed by atoms with van der Waals surface area (Å²) in [6, 6.07) is 0. The van der Waals surface area contributed by atoms with Crippen molar-refractivity contribution >= 4 is 19.7 Å². The topological polar surface area (TPSA) is 43.4 Å². The van der Waals surface area contributed by atoms with E-state index in [0.29, 0.717) is 6.61 Å². The van der Waals surface area contributed by atoms with Crippen molar-refractivity contribution in [2.24, 2.45) is 11.8 Å². The summed E-state index contributed by atoms with van der Waals surface area (Å²) in [6.07, 6.45) is 0. The lowest BCUT2D eigenvalue weighted by molar-refractivity contribution is -0.0255. The van der Waals surface area contributed by atoms with E-state index in [0.717, 1.165) is 0 Å². The Hall–Kier alpha value is 0.200. The van der Waals surface area contributed by atoms with Crippen LogP contribution >= 0.6 is 10.7 Å². The molecular formula is C10H21ClO3S. The first-order valence-corrected chi connectivity index (χ1v) is 7.55. The summed E-state index contributed by atoms with van der Waals surface area (Å²) in [5.74, 6) is 0.162. The molecule has 92 valence electrons. The van der Waals surface area contributed by atoms with Crippen LogP contribution in [-0.4, -0.2) is 26.4 Å². The van der Waals surface area contributed by atoms with Gasteiger partial charge in [0.1, 0.15) is 0 Å². The number of halogens is 1. The van der Waals surface area contributed by atoms with Gasteiger partial charge in [-0.1, -0.05) is 13.8 Å². The van der Waals surface area contributed by atoms with Crippen LogP contribution in [0.5, 0.6) is 0 Å². The zero-order chi connectivity index (χ0) is 12.3. The lowest BCUT2D eigenvalue weighted by Gasteiger charge is -2.25. The van der Waals surface area contributed by atoms with Crippen LogP contribution in [0.25, 0.3) is 0 Å². The molecule has 3 nitrogen and oxygen atoms in total. The third-order valence-corrected chi connectivity index (χ3v) is 3.29. The highest BCUT2D eigenvalue weighted by atomic mass is 35.7. The molecule has 0 aliphatic rings. The van der Waals surface area contributed by atoms with Crippen LogP contribution in [0.1, 0.15) is 34.6 Å². The molecule has 0 spiro atoms. The molecule has 0 amide bonds. The van der Waals surface area contributed by atoms with Gasteiger partial charge >= 0.3 is 0 Å². The Morgan fingerprint density at radius 3 is 2.00 bits per heavy atom. The van der Waals surface area contributed by atoms with Gasteiger partial charge in [-0.15, -0.1) is 0 Å². The molecular weight excluding hydrogens is 236 g/mol. The molecule has 0 heterocycles. The van der Waals surface area contributed by atoms with Gasteiger partial charge in [0.2, 0.25) is 9.05 Å². The molecule has 0 N–H and O–H groups in total. The van der Waals surface area contributed by atoms with Gasteiger partial charge in [-0.3, -0.25) is 0 Å². The Kier molecular flexibility index (Phi) is 5.58. The summed E-state index contributed by atoms with van der Waals surface area (Å²) in [5, 5.41) is 0. The number of hydrogen-bond acceptors (Lipinski definition) is 3. The first-order valence-electron chi connectivity index (χ1n) is 5.07. The molecule has 0 bridgehead atoms. The molecule has 0 saturated carbocycles. The van der Waals surface area contributed by atoms with Crippen molar-refractivity contribution in [1.29, 1.82) is 0 Å². The van der Waals surface area contributed by atoms with Gasteiger partial charge in [0.15, 0.2) is 0 Å². The fourth-order valence-electron chi connectivity index (χ4n) is 1.05. The summed E-state index contributed by atoms with van der Waals surface area (Å²) in [7, 11) is 1.79. The Balaban J connectivity index is 4.31. The summed E-state index contributed by atoms with van der Waals surface area (Å²) in [6.45, 7) is 10.2. The minimum Gasteiger partial charge on any atom is -0.376 e. The minimum absolute atomic E-state index is 0.0255. The maximum absolute atomic E-state index is 11.0. The van der Waals surface area contributed by atoms with E-state index in [2.05, 4.69) is 0 Å². The van der Waals surface area contributed by atoms with Crippen molar-refractivity contribution in [3.63, 3.8) is 0 Å². The molecule has 0 rings (SSSR count). The largest absolute Gasteiger partial charge is 0.376 e. The van der Waals surface area contributed by atoms with Crippen LogP contribution < -0.4 is 0 Å². The molecule has 5 heteroatoms. The van der Waals surface area contributed by atoms with E-state index in [9.17, 15) is 8.42 Å². The van der Waals surface area contributed by atoms with E-state index < -0.39 is 9.05 Å². The fraction of sp³-hybridized carbons (Fsp3) is 1.00. The zero-order valence-electron chi connectivity index (χ0n) is 10.1. The molecule has 15 heavy (non-hydrogen) atoms. The highest BCUT2D eigenvalue weighted by Gasteiger charge is 2.23. The first-order chi connectivity index (χ1) is 6.51. The van der Waals surface area contributed by atoms with E-state index in [1.807, 2.05) is 34.6 Å². The zero-order valence-corrected chi connectivity index (χ0v) is 11.7. The van der Waals surface area contributed by atoms with Gasteiger partial charge in [0.25, 0.3) is 0 Å². The third kappa shape index (κ3) is 9.15. The molecule has 0 aliphatic carbocycles. The lowest BCUT2D eigenvalue weighted by Crippen LogP contribution is -2.29. The average Bonchev–Trinajstić information content (AvgIpc) is 1.93. The second-order valence-electron chi connectivity index (χ2n) is 5.13. The van der Waals surface area contributed by atoms with Crippen molar-refractivity contribution in [2.75, 3.05) is 12.4 Å². The normalized spacial score (nSPS) is 15.7. The summed E-state index contributed by atoms with van der Waals surface area (Å²) in [4.78, 5) is 0. The third-order valence-electron chi connectivity index (χ3n) is 2.09. The maximum atomic E-state index is 11.0. The lowest BCUT2D eigenvalue weighted by atomic mass is 9.99. The van der Waals surface area contributed by atoms with Crippen LogP contribution in [0, 0.1) is 11.8 Å². The van der Waals surface area contributed by atoms with Gasteiger partial charge in [0, 0.05) is 10.7 Å². The van der Waals surface area contributed by atoms with Crippen molar-refractivity contribution in [3.05, 3.63) is 0 Å². The molecule has 0 aliphatic heterocycles. The SMILES string of the molecule is CC(C)C(COC(C)(C)C)CS(=O)(=O)Cl.